The van der Waals surface area contributed by atoms with Gasteiger partial charge in [-0.05, 0) is 25.1 Å². The molecule has 2 heterocycles. The van der Waals surface area contributed by atoms with E-state index < -0.39 is 0 Å². The number of nitrogens with zero attached hydrogens (tertiary/aromatic N) is 1. The van der Waals surface area contributed by atoms with Crippen LogP contribution in [0.2, 0.25) is 0 Å². The number of aromatic nitrogens is 2. The van der Waals surface area contributed by atoms with Gasteiger partial charge in [-0.15, -0.1) is 0 Å². The van der Waals surface area contributed by atoms with Crippen LogP contribution < -0.4 is 10.9 Å². The van der Waals surface area contributed by atoms with Gasteiger partial charge in [0.2, 0.25) is 5.56 Å². The molecule has 0 fully saturated rings. The summed E-state index contributed by atoms with van der Waals surface area (Å²) >= 11 is 0. The second kappa shape index (κ2) is 5.27. The summed E-state index contributed by atoms with van der Waals surface area (Å²) in [4.78, 5) is 29.6. The molecule has 18 heavy (non-hydrogen) atoms. The zero-order valence-electron chi connectivity index (χ0n) is 9.88. The summed E-state index contributed by atoms with van der Waals surface area (Å²) in [6.07, 6.45) is 3.12. The number of aromatic amines is 1. The summed E-state index contributed by atoms with van der Waals surface area (Å²) in [6.45, 7) is 1.84. The van der Waals surface area contributed by atoms with Crippen molar-refractivity contribution < 1.29 is 4.79 Å². The van der Waals surface area contributed by atoms with Gasteiger partial charge in [0.1, 0.15) is 0 Å². The van der Waals surface area contributed by atoms with Crippen LogP contribution in [0.5, 0.6) is 0 Å². The van der Waals surface area contributed by atoms with Crippen molar-refractivity contribution in [1.29, 1.82) is 0 Å². The summed E-state index contributed by atoms with van der Waals surface area (Å²) in [5.41, 5.74) is 0.811. The first-order valence-corrected chi connectivity index (χ1v) is 5.57. The van der Waals surface area contributed by atoms with Crippen molar-refractivity contribution >= 4 is 5.91 Å². The normalized spacial score (nSPS) is 11.8. The Labute approximate surface area is 104 Å². The number of pyridine rings is 2. The van der Waals surface area contributed by atoms with Crippen LogP contribution in [0.4, 0.5) is 0 Å². The fraction of sp³-hybridized carbons (Fsp3) is 0.154. The number of hydrogen-bond acceptors (Lipinski definition) is 3. The highest BCUT2D eigenvalue weighted by Crippen LogP contribution is 2.08. The molecule has 0 saturated heterocycles. The van der Waals surface area contributed by atoms with Gasteiger partial charge in [0.15, 0.2) is 0 Å². The van der Waals surface area contributed by atoms with Crippen LogP contribution in [0.3, 0.4) is 0 Å². The monoisotopic (exact) mass is 243 g/mol. The average Bonchev–Trinajstić information content (AvgIpc) is 2.39. The third kappa shape index (κ3) is 2.82. The molecule has 2 aromatic heterocycles. The number of carbonyl (C=O) groups excluding carboxylic acids is 1. The Hall–Kier alpha value is -2.43. The van der Waals surface area contributed by atoms with Crippen LogP contribution in [0.25, 0.3) is 0 Å². The maximum Gasteiger partial charge on any atom is 0.252 e. The lowest BCUT2D eigenvalue weighted by Crippen LogP contribution is -2.28. The number of rotatable bonds is 3. The third-order valence-corrected chi connectivity index (χ3v) is 2.52. The molecule has 2 N–H and O–H groups in total. The molecule has 0 bridgehead atoms. The number of amides is 1. The first-order valence-electron chi connectivity index (χ1n) is 5.57. The van der Waals surface area contributed by atoms with Crippen molar-refractivity contribution in [2.45, 2.75) is 13.0 Å². The Morgan fingerprint density at radius 2 is 2.22 bits per heavy atom. The summed E-state index contributed by atoms with van der Waals surface area (Å²) in [6, 6.07) is 8.12. The minimum absolute atomic E-state index is 0.210. The minimum Gasteiger partial charge on any atom is -0.344 e. The van der Waals surface area contributed by atoms with Crippen LogP contribution >= 0.6 is 0 Å². The molecule has 1 amide bonds. The number of hydrogen-bond donors (Lipinski definition) is 2. The number of H-pyrrole nitrogens is 1. The Morgan fingerprint density at radius 1 is 1.39 bits per heavy atom. The van der Waals surface area contributed by atoms with Crippen molar-refractivity contribution in [3.63, 3.8) is 0 Å². The van der Waals surface area contributed by atoms with Crippen molar-refractivity contribution in [3.8, 4) is 0 Å². The molecular formula is C13H13N3O2. The number of carbonyl (C=O) groups is 1. The quantitative estimate of drug-likeness (QED) is 0.852. The standard InChI is InChI=1S/C13H13N3O2/c1-9(11-4-2-3-6-14-11)16-13(18)10-5-7-15-12(17)8-10/h2-9H,1H3,(H,15,17)(H,16,18). The van der Waals surface area contributed by atoms with Crippen LogP contribution in [0.1, 0.15) is 29.0 Å². The molecule has 5 heteroatoms. The van der Waals surface area contributed by atoms with E-state index in [0.29, 0.717) is 5.56 Å². The van der Waals surface area contributed by atoms with Crippen LogP contribution in [0, 0.1) is 0 Å². The van der Waals surface area contributed by atoms with Gasteiger partial charge >= 0.3 is 0 Å². The van der Waals surface area contributed by atoms with E-state index in [4.69, 9.17) is 0 Å². The smallest absolute Gasteiger partial charge is 0.252 e. The molecule has 0 spiro atoms. The lowest BCUT2D eigenvalue weighted by Gasteiger charge is -2.12. The van der Waals surface area contributed by atoms with Crippen LogP contribution in [0.15, 0.2) is 47.5 Å². The Kier molecular flexibility index (Phi) is 3.52. The van der Waals surface area contributed by atoms with Crippen molar-refractivity contribution in [2.24, 2.45) is 0 Å². The van der Waals surface area contributed by atoms with Crippen LogP contribution in [-0.4, -0.2) is 15.9 Å². The maximum atomic E-state index is 11.9. The highest BCUT2D eigenvalue weighted by atomic mass is 16.2. The zero-order chi connectivity index (χ0) is 13.0. The summed E-state index contributed by atoms with van der Waals surface area (Å²) in [5, 5.41) is 2.79. The van der Waals surface area contributed by atoms with Gasteiger partial charge in [-0.3, -0.25) is 14.6 Å². The van der Waals surface area contributed by atoms with E-state index in [1.54, 1.807) is 12.3 Å². The SMILES string of the molecule is CC(NC(=O)c1cc[nH]c(=O)c1)c1ccccn1. The van der Waals surface area contributed by atoms with Gasteiger partial charge in [0, 0.05) is 24.0 Å². The van der Waals surface area contributed by atoms with Gasteiger partial charge in [-0.1, -0.05) is 6.07 Å². The lowest BCUT2D eigenvalue weighted by molar-refractivity contribution is 0.0939. The van der Waals surface area contributed by atoms with Crippen LogP contribution in [-0.2, 0) is 0 Å². The number of nitrogens with one attached hydrogen (secondary N) is 2. The highest BCUT2D eigenvalue weighted by Gasteiger charge is 2.12. The van der Waals surface area contributed by atoms with Gasteiger partial charge in [-0.2, -0.15) is 0 Å². The molecule has 1 atom stereocenters. The molecule has 1 unspecified atom stereocenters. The van der Waals surface area contributed by atoms with E-state index >= 15 is 0 Å². The predicted molar refractivity (Wildman–Crippen MR) is 67.2 cm³/mol. The van der Waals surface area contributed by atoms with E-state index in [2.05, 4.69) is 15.3 Å². The molecule has 0 radical (unpaired) electrons. The molecule has 0 aliphatic rings. The molecule has 0 aromatic carbocycles. The lowest BCUT2D eigenvalue weighted by atomic mass is 10.2. The zero-order valence-corrected chi connectivity index (χ0v) is 9.88. The summed E-state index contributed by atoms with van der Waals surface area (Å²) in [5.74, 6) is -0.292. The van der Waals surface area contributed by atoms with Crippen molar-refractivity contribution in [1.82, 2.24) is 15.3 Å². The first kappa shape index (κ1) is 12.0. The fourth-order valence-corrected chi connectivity index (χ4v) is 1.57. The van der Waals surface area contributed by atoms with Gasteiger partial charge in [0.25, 0.3) is 5.91 Å². The molecule has 0 aliphatic heterocycles. The second-order valence-corrected chi connectivity index (χ2v) is 3.89. The Bertz CT molecular complexity index is 592. The van der Waals surface area contributed by atoms with E-state index in [-0.39, 0.29) is 17.5 Å². The van der Waals surface area contributed by atoms with E-state index in [9.17, 15) is 9.59 Å². The van der Waals surface area contributed by atoms with Crippen molar-refractivity contribution in [2.75, 3.05) is 0 Å². The largest absolute Gasteiger partial charge is 0.344 e. The molecule has 5 nitrogen and oxygen atoms in total. The molecule has 2 aromatic rings. The molecule has 0 aliphatic carbocycles. The summed E-state index contributed by atoms with van der Waals surface area (Å²) in [7, 11) is 0. The fourth-order valence-electron chi connectivity index (χ4n) is 1.57. The van der Waals surface area contributed by atoms with E-state index in [1.807, 2.05) is 25.1 Å². The predicted octanol–water partition coefficient (Wildman–Crippen LogP) is 1.26. The molecule has 2 rings (SSSR count). The highest BCUT2D eigenvalue weighted by molar-refractivity contribution is 5.94. The second-order valence-electron chi connectivity index (χ2n) is 3.89. The summed E-state index contributed by atoms with van der Waals surface area (Å²) < 4.78 is 0. The molecule has 0 saturated carbocycles. The Balaban J connectivity index is 2.11. The van der Waals surface area contributed by atoms with Gasteiger partial charge in [-0.25, -0.2) is 0 Å². The van der Waals surface area contributed by atoms with Gasteiger partial charge in [0.05, 0.1) is 11.7 Å². The molecule has 92 valence electrons. The minimum atomic E-state index is -0.298. The topological polar surface area (TPSA) is 74.8 Å². The third-order valence-electron chi connectivity index (χ3n) is 2.52. The first-order chi connectivity index (χ1) is 8.66. The maximum absolute atomic E-state index is 11.9. The average molecular weight is 243 g/mol. The van der Waals surface area contributed by atoms with Gasteiger partial charge < -0.3 is 10.3 Å². The molecular weight excluding hydrogens is 230 g/mol. The van der Waals surface area contributed by atoms with E-state index in [1.165, 1.54) is 12.3 Å². The van der Waals surface area contributed by atoms with Crippen molar-refractivity contribution in [3.05, 3.63) is 64.3 Å². The Morgan fingerprint density at radius 3 is 2.89 bits per heavy atom. The van der Waals surface area contributed by atoms with E-state index in [0.717, 1.165) is 5.69 Å².